The normalized spacial score (nSPS) is 20.2. The molecule has 1 unspecified atom stereocenters. The minimum Gasteiger partial charge on any atom is -0.480 e. The standard InChI is InChI=1S/C16H22N2O5S2/c19-13(17-15(16(20)21)11-4-5-11)10-12-6-7-14(24-12)25(22,23)18-8-2-1-3-9-18/h6-7,11,15H,1-5,8-10H2,(H,17,19)(H,20,21). The molecule has 2 heterocycles. The van der Waals surface area contributed by atoms with Crippen LogP contribution in [0.2, 0.25) is 0 Å². The summed E-state index contributed by atoms with van der Waals surface area (Å²) in [5.41, 5.74) is 0. The summed E-state index contributed by atoms with van der Waals surface area (Å²) in [6.07, 6.45) is 4.42. The molecule has 7 nitrogen and oxygen atoms in total. The summed E-state index contributed by atoms with van der Waals surface area (Å²) in [5.74, 6) is -1.39. The summed E-state index contributed by atoms with van der Waals surface area (Å²) in [6, 6.07) is 2.32. The molecule has 1 saturated heterocycles. The van der Waals surface area contributed by atoms with Crippen LogP contribution in [0.1, 0.15) is 37.0 Å². The third-order valence-electron chi connectivity index (χ3n) is 4.56. The first-order chi connectivity index (χ1) is 11.9. The molecule has 1 aliphatic heterocycles. The van der Waals surface area contributed by atoms with E-state index in [1.54, 1.807) is 6.07 Å². The number of amides is 1. The van der Waals surface area contributed by atoms with Crippen molar-refractivity contribution in [2.24, 2.45) is 5.92 Å². The van der Waals surface area contributed by atoms with Gasteiger partial charge < -0.3 is 10.4 Å². The number of carboxylic acid groups (broad SMARTS) is 1. The average molecular weight is 386 g/mol. The molecule has 0 aromatic carbocycles. The number of carbonyl (C=O) groups excluding carboxylic acids is 1. The van der Waals surface area contributed by atoms with E-state index >= 15 is 0 Å². The molecule has 1 aromatic heterocycles. The number of piperidine rings is 1. The van der Waals surface area contributed by atoms with E-state index in [1.165, 1.54) is 10.4 Å². The number of nitrogens with zero attached hydrogens (tertiary/aromatic N) is 1. The summed E-state index contributed by atoms with van der Waals surface area (Å²) < 4.78 is 27.0. The van der Waals surface area contributed by atoms with Crippen LogP contribution in [0.25, 0.3) is 0 Å². The van der Waals surface area contributed by atoms with Gasteiger partial charge in [-0.15, -0.1) is 11.3 Å². The van der Waals surface area contributed by atoms with Gasteiger partial charge in [-0.1, -0.05) is 6.42 Å². The Morgan fingerprint density at radius 3 is 2.52 bits per heavy atom. The van der Waals surface area contributed by atoms with Crippen molar-refractivity contribution < 1.29 is 23.1 Å². The maximum Gasteiger partial charge on any atom is 0.326 e. The van der Waals surface area contributed by atoms with Gasteiger partial charge in [0.15, 0.2) is 0 Å². The maximum absolute atomic E-state index is 12.6. The number of nitrogens with one attached hydrogen (secondary N) is 1. The minimum atomic E-state index is -3.49. The molecule has 138 valence electrons. The van der Waals surface area contributed by atoms with E-state index < -0.39 is 22.0 Å². The zero-order valence-electron chi connectivity index (χ0n) is 13.8. The van der Waals surface area contributed by atoms with Crippen LogP contribution in [-0.2, 0) is 26.0 Å². The van der Waals surface area contributed by atoms with Crippen LogP contribution in [0, 0.1) is 5.92 Å². The van der Waals surface area contributed by atoms with Gasteiger partial charge in [-0.2, -0.15) is 4.31 Å². The van der Waals surface area contributed by atoms with Crippen molar-refractivity contribution in [3.05, 3.63) is 17.0 Å². The van der Waals surface area contributed by atoms with Crippen molar-refractivity contribution in [2.45, 2.75) is 48.8 Å². The second kappa shape index (κ2) is 7.43. The first-order valence-corrected chi connectivity index (χ1v) is 10.7. The van der Waals surface area contributed by atoms with Gasteiger partial charge in [0.2, 0.25) is 5.91 Å². The molecule has 2 aliphatic rings. The van der Waals surface area contributed by atoms with E-state index in [4.69, 9.17) is 5.11 Å². The van der Waals surface area contributed by atoms with E-state index in [9.17, 15) is 18.0 Å². The van der Waals surface area contributed by atoms with Gasteiger partial charge in [0.1, 0.15) is 10.3 Å². The van der Waals surface area contributed by atoms with Crippen molar-refractivity contribution in [3.63, 3.8) is 0 Å². The Morgan fingerprint density at radius 1 is 1.24 bits per heavy atom. The third kappa shape index (κ3) is 4.39. The van der Waals surface area contributed by atoms with Crippen molar-refractivity contribution in [2.75, 3.05) is 13.1 Å². The fraction of sp³-hybridized carbons (Fsp3) is 0.625. The van der Waals surface area contributed by atoms with Crippen LogP contribution >= 0.6 is 11.3 Å². The summed E-state index contributed by atoms with van der Waals surface area (Å²) in [6.45, 7) is 1.08. The van der Waals surface area contributed by atoms with Crippen LogP contribution < -0.4 is 5.32 Å². The number of sulfonamides is 1. The Balaban J connectivity index is 1.63. The minimum absolute atomic E-state index is 0.00329. The highest BCUT2D eigenvalue weighted by molar-refractivity contribution is 7.91. The maximum atomic E-state index is 12.6. The van der Waals surface area contributed by atoms with Crippen molar-refractivity contribution in [3.8, 4) is 0 Å². The SMILES string of the molecule is O=C(Cc1ccc(S(=O)(=O)N2CCCCC2)s1)NC(C(=O)O)C1CC1. The zero-order chi connectivity index (χ0) is 18.0. The molecule has 3 rings (SSSR count). The summed E-state index contributed by atoms with van der Waals surface area (Å²) >= 11 is 1.08. The van der Waals surface area contributed by atoms with Crippen molar-refractivity contribution in [1.29, 1.82) is 0 Å². The predicted octanol–water partition coefficient (Wildman–Crippen LogP) is 1.44. The third-order valence-corrected chi connectivity index (χ3v) is 8.01. The van der Waals surface area contributed by atoms with Gasteiger partial charge in [0.25, 0.3) is 10.0 Å². The van der Waals surface area contributed by atoms with E-state index in [-0.39, 0.29) is 22.5 Å². The average Bonchev–Trinajstić information content (AvgIpc) is 3.31. The Bertz CT molecular complexity index is 748. The number of aliphatic carboxylic acids is 1. The number of carbonyl (C=O) groups is 2. The summed E-state index contributed by atoms with van der Waals surface area (Å²) in [4.78, 5) is 23.9. The van der Waals surface area contributed by atoms with Crippen LogP contribution in [-0.4, -0.2) is 48.8 Å². The highest BCUT2D eigenvalue weighted by Crippen LogP contribution is 2.33. The molecular formula is C16H22N2O5S2. The first kappa shape index (κ1) is 18.3. The number of thiophene rings is 1. The molecule has 1 aliphatic carbocycles. The van der Waals surface area contributed by atoms with Gasteiger partial charge in [0, 0.05) is 18.0 Å². The van der Waals surface area contributed by atoms with Crippen LogP contribution in [0.3, 0.4) is 0 Å². The van der Waals surface area contributed by atoms with E-state index in [2.05, 4.69) is 5.32 Å². The highest BCUT2D eigenvalue weighted by Gasteiger charge is 2.37. The largest absolute Gasteiger partial charge is 0.480 e. The van der Waals surface area contributed by atoms with Gasteiger partial charge in [0.05, 0.1) is 6.42 Å². The number of carboxylic acids is 1. The molecule has 0 radical (unpaired) electrons. The molecule has 1 amide bonds. The second-order valence-corrected chi connectivity index (χ2v) is 9.92. The number of rotatable bonds is 7. The Kier molecular flexibility index (Phi) is 5.45. The number of hydrogen-bond acceptors (Lipinski definition) is 5. The van der Waals surface area contributed by atoms with Crippen LogP contribution in [0.5, 0.6) is 0 Å². The van der Waals surface area contributed by atoms with E-state index in [0.717, 1.165) is 43.4 Å². The molecule has 1 aromatic rings. The van der Waals surface area contributed by atoms with Gasteiger partial charge in [-0.25, -0.2) is 13.2 Å². The number of hydrogen-bond donors (Lipinski definition) is 2. The molecule has 1 atom stereocenters. The van der Waals surface area contributed by atoms with Crippen molar-refractivity contribution in [1.82, 2.24) is 9.62 Å². The van der Waals surface area contributed by atoms with Crippen molar-refractivity contribution >= 4 is 33.2 Å². The smallest absolute Gasteiger partial charge is 0.326 e. The predicted molar refractivity (Wildman–Crippen MR) is 92.9 cm³/mol. The quantitative estimate of drug-likeness (QED) is 0.738. The Labute approximate surface area is 151 Å². The lowest BCUT2D eigenvalue weighted by atomic mass is 10.2. The molecular weight excluding hydrogens is 364 g/mol. The molecule has 2 N–H and O–H groups in total. The molecule has 9 heteroatoms. The monoisotopic (exact) mass is 386 g/mol. The van der Waals surface area contributed by atoms with Gasteiger partial charge in [-0.3, -0.25) is 4.79 Å². The first-order valence-electron chi connectivity index (χ1n) is 8.49. The molecule has 2 fully saturated rings. The lowest BCUT2D eigenvalue weighted by Gasteiger charge is -2.25. The van der Waals surface area contributed by atoms with Gasteiger partial charge >= 0.3 is 5.97 Å². The van der Waals surface area contributed by atoms with E-state index in [0.29, 0.717) is 18.0 Å². The highest BCUT2D eigenvalue weighted by atomic mass is 32.2. The summed E-state index contributed by atoms with van der Waals surface area (Å²) in [5, 5.41) is 11.7. The fourth-order valence-corrected chi connectivity index (χ4v) is 6.04. The second-order valence-electron chi connectivity index (χ2n) is 6.58. The Morgan fingerprint density at radius 2 is 1.92 bits per heavy atom. The fourth-order valence-electron chi connectivity index (χ4n) is 3.02. The Hall–Kier alpha value is -1.45. The summed E-state index contributed by atoms with van der Waals surface area (Å²) in [7, 11) is -3.49. The molecule has 0 spiro atoms. The van der Waals surface area contributed by atoms with Gasteiger partial charge in [-0.05, 0) is 43.7 Å². The molecule has 0 bridgehead atoms. The van der Waals surface area contributed by atoms with Crippen LogP contribution in [0.4, 0.5) is 0 Å². The van der Waals surface area contributed by atoms with Crippen LogP contribution in [0.15, 0.2) is 16.3 Å². The lowest BCUT2D eigenvalue weighted by molar-refractivity contribution is -0.142. The molecule has 1 saturated carbocycles. The lowest BCUT2D eigenvalue weighted by Crippen LogP contribution is -2.42. The zero-order valence-corrected chi connectivity index (χ0v) is 15.4. The van der Waals surface area contributed by atoms with E-state index in [1.807, 2.05) is 0 Å². The topological polar surface area (TPSA) is 104 Å². The molecule has 25 heavy (non-hydrogen) atoms.